The first-order chi connectivity index (χ1) is 11.2. The molecule has 2 N–H and O–H groups in total. The Hall–Kier alpha value is -1.23. The number of amides is 1. The van der Waals surface area contributed by atoms with Crippen LogP contribution in [0.25, 0.3) is 10.9 Å². The molecular weight excluding hydrogens is 347 g/mol. The fraction of sp³-hybridized carbons (Fsp3) is 0.500. The van der Waals surface area contributed by atoms with Crippen LogP contribution in [0.15, 0.2) is 18.2 Å². The zero-order valence-corrected chi connectivity index (χ0v) is 15.4. The number of hydrogen-bond acceptors (Lipinski definition) is 2. The zero-order chi connectivity index (χ0) is 17.5. The summed E-state index contributed by atoms with van der Waals surface area (Å²) in [6, 6.07) is 5.32. The third kappa shape index (κ3) is 3.71. The predicted octanol–water partition coefficient (Wildman–Crippen LogP) is 4.49. The minimum Gasteiger partial charge on any atom is -0.390 e. The van der Waals surface area contributed by atoms with Crippen LogP contribution in [-0.2, 0) is 0 Å². The first-order valence-corrected chi connectivity index (χ1v) is 8.98. The van der Waals surface area contributed by atoms with Crippen molar-refractivity contribution in [2.45, 2.75) is 38.7 Å². The van der Waals surface area contributed by atoms with Crippen LogP contribution in [-0.4, -0.2) is 39.6 Å². The molecule has 1 fully saturated rings. The van der Waals surface area contributed by atoms with Crippen LogP contribution >= 0.6 is 23.2 Å². The Morgan fingerprint density at radius 2 is 2.00 bits per heavy atom. The van der Waals surface area contributed by atoms with Gasteiger partial charge in [0.2, 0.25) is 0 Å². The highest BCUT2D eigenvalue weighted by Gasteiger charge is 2.28. The molecule has 1 aromatic carbocycles. The Balaban J connectivity index is 1.71. The second-order valence-corrected chi connectivity index (χ2v) is 8.04. The average molecular weight is 369 g/mol. The van der Waals surface area contributed by atoms with E-state index in [2.05, 4.69) is 4.98 Å². The summed E-state index contributed by atoms with van der Waals surface area (Å²) in [6.45, 7) is 5.10. The number of fused-ring (bicyclic) bond motifs is 1. The van der Waals surface area contributed by atoms with Crippen molar-refractivity contribution >= 4 is 40.0 Å². The van der Waals surface area contributed by atoms with Gasteiger partial charge in [-0.3, -0.25) is 4.79 Å². The lowest BCUT2D eigenvalue weighted by Crippen LogP contribution is -2.40. The molecule has 6 heteroatoms. The standard InChI is InChI=1S/C18H22Cl2N2O2/c1-18(2,24)10-11-5-7-22(8-6-11)17(23)15-9-12-14(21-15)4-3-13(19)16(12)20/h3-4,9,11,21,24H,5-8,10H2,1-2H3. The molecular formula is C18H22Cl2N2O2. The van der Waals surface area contributed by atoms with Gasteiger partial charge in [-0.15, -0.1) is 0 Å². The molecule has 1 amide bonds. The summed E-state index contributed by atoms with van der Waals surface area (Å²) in [5, 5.41) is 11.7. The van der Waals surface area contributed by atoms with Crippen molar-refractivity contribution in [2.24, 2.45) is 5.92 Å². The van der Waals surface area contributed by atoms with E-state index in [1.807, 2.05) is 24.8 Å². The van der Waals surface area contributed by atoms with Gasteiger partial charge in [-0.05, 0) is 57.2 Å². The van der Waals surface area contributed by atoms with Gasteiger partial charge in [-0.2, -0.15) is 0 Å². The molecule has 3 rings (SSSR count). The van der Waals surface area contributed by atoms with Gasteiger partial charge >= 0.3 is 0 Å². The van der Waals surface area contributed by atoms with Gasteiger partial charge in [-0.25, -0.2) is 0 Å². The quantitative estimate of drug-likeness (QED) is 0.838. The number of carbonyl (C=O) groups is 1. The number of halogens is 2. The average Bonchev–Trinajstić information content (AvgIpc) is 2.94. The van der Waals surface area contributed by atoms with E-state index in [1.54, 1.807) is 12.1 Å². The molecule has 24 heavy (non-hydrogen) atoms. The number of piperidine rings is 1. The summed E-state index contributed by atoms with van der Waals surface area (Å²) in [5.41, 5.74) is 0.698. The number of aromatic amines is 1. The van der Waals surface area contributed by atoms with Gasteiger partial charge in [-0.1, -0.05) is 23.2 Å². The van der Waals surface area contributed by atoms with E-state index in [1.165, 1.54) is 0 Å². The number of rotatable bonds is 3. The maximum Gasteiger partial charge on any atom is 0.270 e. The number of hydrogen-bond donors (Lipinski definition) is 2. The fourth-order valence-electron chi connectivity index (χ4n) is 3.47. The van der Waals surface area contributed by atoms with E-state index in [4.69, 9.17) is 23.2 Å². The summed E-state index contributed by atoms with van der Waals surface area (Å²) >= 11 is 12.2. The molecule has 130 valence electrons. The van der Waals surface area contributed by atoms with Crippen LogP contribution < -0.4 is 0 Å². The Kier molecular flexibility index (Phi) is 4.82. The van der Waals surface area contributed by atoms with E-state index in [-0.39, 0.29) is 5.91 Å². The van der Waals surface area contributed by atoms with Gasteiger partial charge in [0.05, 0.1) is 15.6 Å². The van der Waals surface area contributed by atoms with Crippen LogP contribution in [0.4, 0.5) is 0 Å². The lowest BCUT2D eigenvalue weighted by atomic mass is 9.86. The van der Waals surface area contributed by atoms with Crippen molar-refractivity contribution in [2.75, 3.05) is 13.1 Å². The van der Waals surface area contributed by atoms with E-state index in [9.17, 15) is 9.90 Å². The number of likely N-dealkylation sites (tertiary alicyclic amines) is 1. The molecule has 2 heterocycles. The first kappa shape index (κ1) is 17.6. The molecule has 1 saturated heterocycles. The van der Waals surface area contributed by atoms with E-state index < -0.39 is 5.60 Å². The SMILES string of the molecule is CC(C)(O)CC1CCN(C(=O)c2cc3c(Cl)c(Cl)ccc3[nH]2)CC1. The number of nitrogens with zero attached hydrogens (tertiary/aromatic N) is 1. The zero-order valence-electron chi connectivity index (χ0n) is 13.9. The van der Waals surface area contributed by atoms with Gasteiger partial charge < -0.3 is 15.0 Å². The molecule has 0 radical (unpaired) electrons. The third-order valence-corrected chi connectivity index (χ3v) is 5.43. The first-order valence-electron chi connectivity index (χ1n) is 8.23. The minimum atomic E-state index is -0.649. The molecule has 1 aliphatic heterocycles. The highest BCUT2D eigenvalue weighted by atomic mass is 35.5. The number of H-pyrrole nitrogens is 1. The van der Waals surface area contributed by atoms with Gasteiger partial charge in [0, 0.05) is 24.0 Å². The summed E-state index contributed by atoms with van der Waals surface area (Å²) < 4.78 is 0. The number of aromatic nitrogens is 1. The summed E-state index contributed by atoms with van der Waals surface area (Å²) in [5.74, 6) is 0.449. The van der Waals surface area contributed by atoms with Crippen LogP contribution in [0.2, 0.25) is 10.0 Å². The number of carbonyl (C=O) groups excluding carboxylic acids is 1. The second kappa shape index (κ2) is 6.58. The van der Waals surface area contributed by atoms with Crippen molar-refractivity contribution in [3.8, 4) is 0 Å². The van der Waals surface area contributed by atoms with Crippen LogP contribution in [0.3, 0.4) is 0 Å². The van der Waals surface area contributed by atoms with Crippen molar-refractivity contribution < 1.29 is 9.90 Å². The monoisotopic (exact) mass is 368 g/mol. The van der Waals surface area contributed by atoms with Crippen molar-refractivity contribution in [1.82, 2.24) is 9.88 Å². The summed E-state index contributed by atoms with van der Waals surface area (Å²) in [4.78, 5) is 17.7. The molecule has 2 aromatic rings. The molecule has 0 aliphatic carbocycles. The Morgan fingerprint density at radius 3 is 2.62 bits per heavy atom. The maximum atomic E-state index is 12.7. The van der Waals surface area contributed by atoms with Crippen LogP contribution in [0.1, 0.15) is 43.6 Å². The summed E-state index contributed by atoms with van der Waals surface area (Å²) in [7, 11) is 0. The van der Waals surface area contributed by atoms with E-state index >= 15 is 0 Å². The molecule has 1 aliphatic rings. The predicted molar refractivity (Wildman–Crippen MR) is 97.9 cm³/mol. The van der Waals surface area contributed by atoms with Crippen molar-refractivity contribution in [1.29, 1.82) is 0 Å². The lowest BCUT2D eigenvalue weighted by molar-refractivity contribution is 0.0357. The van der Waals surface area contributed by atoms with Gasteiger partial charge in [0.15, 0.2) is 0 Å². The third-order valence-electron chi connectivity index (χ3n) is 4.61. The topological polar surface area (TPSA) is 56.3 Å². The van der Waals surface area contributed by atoms with Crippen molar-refractivity contribution in [3.63, 3.8) is 0 Å². The van der Waals surface area contributed by atoms with Gasteiger partial charge in [0.1, 0.15) is 5.69 Å². The number of aliphatic hydroxyl groups is 1. The highest BCUT2D eigenvalue weighted by Crippen LogP contribution is 2.32. The lowest BCUT2D eigenvalue weighted by Gasteiger charge is -2.34. The Morgan fingerprint density at radius 1 is 1.33 bits per heavy atom. The smallest absolute Gasteiger partial charge is 0.270 e. The largest absolute Gasteiger partial charge is 0.390 e. The Labute approximate surface area is 151 Å². The number of nitrogens with one attached hydrogen (secondary N) is 1. The second-order valence-electron chi connectivity index (χ2n) is 7.26. The molecule has 0 bridgehead atoms. The van der Waals surface area contributed by atoms with Crippen LogP contribution in [0.5, 0.6) is 0 Å². The number of benzene rings is 1. The Bertz CT molecular complexity index is 756. The normalized spacial score (nSPS) is 16.8. The minimum absolute atomic E-state index is 0.0138. The maximum absolute atomic E-state index is 12.7. The molecule has 4 nitrogen and oxygen atoms in total. The van der Waals surface area contributed by atoms with Gasteiger partial charge in [0.25, 0.3) is 5.91 Å². The highest BCUT2D eigenvalue weighted by molar-refractivity contribution is 6.45. The molecule has 0 spiro atoms. The molecule has 0 saturated carbocycles. The van der Waals surface area contributed by atoms with E-state index in [0.717, 1.165) is 30.2 Å². The fourth-order valence-corrected chi connectivity index (χ4v) is 3.86. The van der Waals surface area contributed by atoms with Crippen LogP contribution in [0, 0.1) is 5.92 Å². The molecule has 1 aromatic heterocycles. The van der Waals surface area contributed by atoms with Crippen molar-refractivity contribution in [3.05, 3.63) is 33.9 Å². The van der Waals surface area contributed by atoms with E-state index in [0.29, 0.717) is 34.7 Å². The molecule has 0 unspecified atom stereocenters. The molecule has 0 atom stereocenters. The summed E-state index contributed by atoms with van der Waals surface area (Å²) in [6.07, 6.45) is 2.61.